The monoisotopic (exact) mass is 341 g/mol. The maximum Gasteiger partial charge on any atom is 0.510 e. The van der Waals surface area contributed by atoms with Crippen molar-refractivity contribution in [2.75, 3.05) is 20.4 Å². The molecule has 0 aromatic carbocycles. The number of nitrogens with one attached hydrogen (secondary N) is 2. The van der Waals surface area contributed by atoms with Crippen LogP contribution in [0.1, 0.15) is 26.2 Å². The number of rotatable bonds is 4. The molecule has 1 aliphatic rings. The smallest absolute Gasteiger partial charge is 0.451 e. The zero-order chi connectivity index (χ0) is 17.9. The van der Waals surface area contributed by atoms with Gasteiger partial charge < -0.3 is 25.0 Å². The lowest BCUT2D eigenvalue weighted by Crippen LogP contribution is -2.38. The van der Waals surface area contributed by atoms with E-state index in [1.807, 2.05) is 0 Å². The lowest BCUT2D eigenvalue weighted by Gasteiger charge is -2.16. The molecule has 0 saturated heterocycles. The summed E-state index contributed by atoms with van der Waals surface area (Å²) in [4.78, 5) is 35.4. The highest BCUT2D eigenvalue weighted by Crippen LogP contribution is 2.13. The molecule has 0 fully saturated rings. The van der Waals surface area contributed by atoms with Crippen molar-refractivity contribution in [3.63, 3.8) is 0 Å². The summed E-state index contributed by atoms with van der Waals surface area (Å²) in [6.45, 7) is 1.91. The van der Waals surface area contributed by atoms with Gasteiger partial charge in [-0.05, 0) is 31.3 Å². The lowest BCUT2D eigenvalue weighted by atomic mass is 10.0. The summed E-state index contributed by atoms with van der Waals surface area (Å²) in [5, 5.41) is 2.66. The lowest BCUT2D eigenvalue weighted by molar-refractivity contribution is -0.121. The van der Waals surface area contributed by atoms with Crippen LogP contribution in [0.5, 0.6) is 0 Å². The molecule has 1 amide bonds. The Hall–Kier alpha value is -2.55. The topological polar surface area (TPSA) is 129 Å². The van der Waals surface area contributed by atoms with E-state index in [-0.39, 0.29) is 11.5 Å². The second kappa shape index (κ2) is 10.3. The van der Waals surface area contributed by atoms with Gasteiger partial charge in [0.05, 0.1) is 7.11 Å². The molecule has 0 radical (unpaired) electrons. The zero-order valence-electron chi connectivity index (χ0n) is 13.8. The van der Waals surface area contributed by atoms with Crippen molar-refractivity contribution in [2.24, 2.45) is 11.8 Å². The number of allylic oxidation sites excluding steroid dienone is 2. The summed E-state index contributed by atoms with van der Waals surface area (Å²) >= 11 is 0. The number of carbonyl (C=O) groups excluding carboxylic acids is 3. The molecule has 24 heavy (non-hydrogen) atoms. The Morgan fingerprint density at radius 3 is 2.83 bits per heavy atom. The van der Waals surface area contributed by atoms with Crippen LogP contribution in [0, 0.1) is 5.92 Å². The van der Waals surface area contributed by atoms with Crippen molar-refractivity contribution in [1.29, 1.82) is 0 Å². The van der Waals surface area contributed by atoms with Gasteiger partial charge in [-0.25, -0.2) is 4.79 Å². The minimum absolute atomic E-state index is 0.244. The average molecular weight is 341 g/mol. The van der Waals surface area contributed by atoms with Gasteiger partial charge in [0.15, 0.2) is 5.70 Å². The number of ether oxygens (including phenoxy) is 3. The molecule has 9 nitrogen and oxygen atoms in total. The van der Waals surface area contributed by atoms with E-state index >= 15 is 0 Å². The first-order valence-electron chi connectivity index (χ1n) is 7.53. The van der Waals surface area contributed by atoms with Gasteiger partial charge in [0.25, 0.3) is 5.91 Å². The molecular weight excluding hydrogens is 318 g/mol. The molecule has 0 aromatic rings. The van der Waals surface area contributed by atoms with Gasteiger partial charge in [-0.1, -0.05) is 13.0 Å². The van der Waals surface area contributed by atoms with Crippen LogP contribution in [-0.2, 0) is 23.8 Å². The van der Waals surface area contributed by atoms with Crippen LogP contribution in [0.4, 0.5) is 4.79 Å². The van der Waals surface area contributed by atoms with Gasteiger partial charge in [0, 0.05) is 6.54 Å². The third-order valence-electron chi connectivity index (χ3n) is 3.39. The molecule has 0 saturated carbocycles. The van der Waals surface area contributed by atoms with E-state index in [0.29, 0.717) is 12.5 Å². The quantitative estimate of drug-likeness (QED) is 0.291. The van der Waals surface area contributed by atoms with Crippen molar-refractivity contribution in [1.82, 2.24) is 10.7 Å². The Balaban J connectivity index is 2.97. The highest BCUT2D eigenvalue weighted by atomic mass is 16.8. The fourth-order valence-corrected chi connectivity index (χ4v) is 2.01. The van der Waals surface area contributed by atoms with Crippen molar-refractivity contribution in [3.05, 3.63) is 23.6 Å². The first-order valence-corrected chi connectivity index (χ1v) is 7.53. The first kappa shape index (κ1) is 19.5. The Labute approximate surface area is 140 Å². The largest absolute Gasteiger partial charge is 0.510 e. The maximum atomic E-state index is 12.3. The van der Waals surface area contributed by atoms with E-state index in [0.717, 1.165) is 26.4 Å². The minimum atomic E-state index is -0.979. The molecule has 134 valence electrons. The number of carbonyl (C=O) groups is 3. The SMILES string of the molecule is COC(=O)OCO/C1=C(/NN)C(=O)NCC[C@@H](C)CC/C=C\C1=O. The Morgan fingerprint density at radius 1 is 1.42 bits per heavy atom. The summed E-state index contributed by atoms with van der Waals surface area (Å²) in [5.74, 6) is 4.27. The number of hydrazine groups is 1. The fraction of sp³-hybridized carbons (Fsp3) is 0.533. The maximum absolute atomic E-state index is 12.3. The summed E-state index contributed by atoms with van der Waals surface area (Å²) in [7, 11) is 1.13. The van der Waals surface area contributed by atoms with E-state index in [4.69, 9.17) is 10.6 Å². The van der Waals surface area contributed by atoms with E-state index in [1.165, 1.54) is 6.08 Å². The Bertz CT molecular complexity index is 529. The third kappa shape index (κ3) is 6.29. The number of hydrogen-bond acceptors (Lipinski definition) is 8. The van der Waals surface area contributed by atoms with Crippen LogP contribution in [0.3, 0.4) is 0 Å². The number of nitrogens with two attached hydrogens (primary N) is 1. The highest BCUT2D eigenvalue weighted by molar-refractivity contribution is 6.08. The fourth-order valence-electron chi connectivity index (χ4n) is 2.01. The number of amides is 1. The number of hydrogen-bond donors (Lipinski definition) is 3. The summed E-state index contributed by atoms with van der Waals surface area (Å²) in [5.41, 5.74) is 1.92. The third-order valence-corrected chi connectivity index (χ3v) is 3.39. The Kier molecular flexibility index (Phi) is 8.34. The van der Waals surface area contributed by atoms with Crippen molar-refractivity contribution < 1.29 is 28.6 Å². The van der Waals surface area contributed by atoms with E-state index in [1.54, 1.807) is 6.08 Å². The number of ketones is 1. The van der Waals surface area contributed by atoms with E-state index in [2.05, 4.69) is 27.1 Å². The minimum Gasteiger partial charge on any atom is -0.451 e. The average Bonchev–Trinajstić information content (AvgIpc) is 2.56. The second-order valence-corrected chi connectivity index (χ2v) is 5.20. The van der Waals surface area contributed by atoms with Crippen LogP contribution in [0.2, 0.25) is 0 Å². The number of methoxy groups -OCH3 is 1. The molecule has 0 spiro atoms. The standard InChI is InChI=1S/C15H23N3O6/c1-10-5-3-4-6-11(19)13(23-9-24-15(21)22-2)12(18-16)14(20)17-8-7-10/h4,6,10,18H,3,5,7-9,16H2,1-2H3,(H,17,20)/b6-4-,13-12+/t10-/m0/s1. The molecule has 1 atom stereocenters. The zero-order valence-corrected chi connectivity index (χ0v) is 13.8. The normalized spacial score (nSPS) is 24.0. The predicted octanol–water partition coefficient (Wildman–Crippen LogP) is 0.480. The summed E-state index contributed by atoms with van der Waals surface area (Å²) in [6, 6.07) is 0. The Morgan fingerprint density at radius 2 is 2.17 bits per heavy atom. The van der Waals surface area contributed by atoms with Gasteiger partial charge in [0.1, 0.15) is 0 Å². The van der Waals surface area contributed by atoms with Crippen molar-refractivity contribution in [2.45, 2.75) is 26.2 Å². The van der Waals surface area contributed by atoms with Crippen LogP contribution < -0.4 is 16.6 Å². The highest BCUT2D eigenvalue weighted by Gasteiger charge is 2.22. The van der Waals surface area contributed by atoms with E-state index < -0.39 is 24.6 Å². The molecule has 0 bridgehead atoms. The van der Waals surface area contributed by atoms with Gasteiger partial charge in [-0.3, -0.25) is 15.4 Å². The molecule has 4 N–H and O–H groups in total. The van der Waals surface area contributed by atoms with Crippen LogP contribution >= 0.6 is 0 Å². The molecule has 1 aliphatic heterocycles. The summed E-state index contributed by atoms with van der Waals surface area (Å²) in [6.07, 6.45) is 4.44. The molecule has 9 heteroatoms. The van der Waals surface area contributed by atoms with Crippen molar-refractivity contribution in [3.8, 4) is 0 Å². The molecular formula is C15H23N3O6. The first-order chi connectivity index (χ1) is 11.5. The van der Waals surface area contributed by atoms with Crippen LogP contribution in [0.25, 0.3) is 0 Å². The van der Waals surface area contributed by atoms with Crippen molar-refractivity contribution >= 4 is 17.8 Å². The molecule has 0 aromatic heterocycles. The summed E-state index contributed by atoms with van der Waals surface area (Å²) < 4.78 is 14.0. The van der Waals surface area contributed by atoms with Gasteiger partial charge >= 0.3 is 6.16 Å². The second-order valence-electron chi connectivity index (χ2n) is 5.20. The van der Waals surface area contributed by atoms with Gasteiger partial charge in [-0.15, -0.1) is 0 Å². The molecule has 0 aliphatic carbocycles. The molecule has 0 unspecified atom stereocenters. The molecule has 1 heterocycles. The van der Waals surface area contributed by atoms with E-state index in [9.17, 15) is 14.4 Å². The van der Waals surface area contributed by atoms with Crippen LogP contribution in [-0.4, -0.2) is 38.3 Å². The van der Waals surface area contributed by atoms with Gasteiger partial charge in [-0.2, -0.15) is 0 Å². The van der Waals surface area contributed by atoms with Crippen LogP contribution in [0.15, 0.2) is 23.6 Å². The van der Waals surface area contributed by atoms with Gasteiger partial charge in [0.2, 0.25) is 18.3 Å². The predicted molar refractivity (Wildman–Crippen MR) is 84.0 cm³/mol. The molecule has 1 rings (SSSR count).